The molecule has 5 heteroatoms. The first-order valence-electron chi connectivity index (χ1n) is 9.12. The number of carbonyl (C=O) groups excluding carboxylic acids is 1. The molecule has 1 N–H and O–H groups in total. The Morgan fingerprint density at radius 3 is 2.96 bits per heavy atom. The molecule has 1 aliphatic rings. The van der Waals surface area contributed by atoms with Crippen LogP contribution >= 0.6 is 0 Å². The Kier molecular flexibility index (Phi) is 5.86. The highest BCUT2D eigenvalue weighted by atomic mass is 16.5. The van der Waals surface area contributed by atoms with Crippen molar-refractivity contribution >= 4 is 16.9 Å². The molecular formula is C19H27N3O2. The molecule has 0 unspecified atom stereocenters. The highest BCUT2D eigenvalue weighted by Crippen LogP contribution is 2.30. The lowest BCUT2D eigenvalue weighted by Crippen LogP contribution is -2.25. The van der Waals surface area contributed by atoms with Crippen molar-refractivity contribution in [2.24, 2.45) is 0 Å². The lowest BCUT2D eigenvalue weighted by atomic mass is 9.95. The minimum atomic E-state index is -0.0411. The van der Waals surface area contributed by atoms with Crippen molar-refractivity contribution in [3.05, 3.63) is 30.1 Å². The molecule has 0 saturated heterocycles. The Labute approximate surface area is 143 Å². The van der Waals surface area contributed by atoms with Crippen LogP contribution in [0.2, 0.25) is 0 Å². The first-order chi connectivity index (χ1) is 11.8. The summed E-state index contributed by atoms with van der Waals surface area (Å²) in [5.41, 5.74) is 2.71. The van der Waals surface area contributed by atoms with Crippen LogP contribution in [0.1, 0.15) is 61.8 Å². The van der Waals surface area contributed by atoms with Crippen LogP contribution in [0.3, 0.4) is 0 Å². The zero-order valence-corrected chi connectivity index (χ0v) is 14.5. The van der Waals surface area contributed by atoms with Crippen molar-refractivity contribution in [3.63, 3.8) is 0 Å². The van der Waals surface area contributed by atoms with Crippen LogP contribution in [0.15, 0.2) is 24.5 Å². The van der Waals surface area contributed by atoms with E-state index in [1.807, 2.05) is 31.5 Å². The van der Waals surface area contributed by atoms with Gasteiger partial charge >= 0.3 is 0 Å². The van der Waals surface area contributed by atoms with Crippen molar-refractivity contribution in [2.75, 3.05) is 19.8 Å². The third-order valence-corrected chi connectivity index (χ3v) is 4.76. The lowest BCUT2D eigenvalue weighted by molar-refractivity contribution is 0.0944. The van der Waals surface area contributed by atoms with Crippen LogP contribution in [0.25, 0.3) is 11.0 Å². The molecule has 1 heterocycles. The molecule has 130 valence electrons. The summed E-state index contributed by atoms with van der Waals surface area (Å²) >= 11 is 0. The van der Waals surface area contributed by atoms with E-state index in [-0.39, 0.29) is 5.91 Å². The number of ether oxygens (including phenoxy) is 1. The van der Waals surface area contributed by atoms with E-state index in [4.69, 9.17) is 4.74 Å². The number of nitrogens with zero attached hydrogens (tertiary/aromatic N) is 2. The summed E-state index contributed by atoms with van der Waals surface area (Å²) in [7, 11) is 0. The number of benzene rings is 1. The quantitative estimate of drug-likeness (QED) is 0.788. The van der Waals surface area contributed by atoms with E-state index in [2.05, 4.69) is 14.9 Å². The molecule has 0 bridgehead atoms. The largest absolute Gasteiger partial charge is 0.382 e. The number of nitrogens with one attached hydrogen (secondary N) is 1. The fraction of sp³-hybridized carbons (Fsp3) is 0.579. The van der Waals surface area contributed by atoms with Gasteiger partial charge in [-0.15, -0.1) is 0 Å². The van der Waals surface area contributed by atoms with Crippen LogP contribution in [0.4, 0.5) is 0 Å². The third-order valence-electron chi connectivity index (χ3n) is 4.76. The second-order valence-electron chi connectivity index (χ2n) is 6.45. The summed E-state index contributed by atoms with van der Waals surface area (Å²) in [5.74, 6) is -0.0411. The van der Waals surface area contributed by atoms with Crippen LogP contribution < -0.4 is 5.32 Å². The van der Waals surface area contributed by atoms with E-state index in [0.29, 0.717) is 31.4 Å². The monoisotopic (exact) mass is 329 g/mol. The van der Waals surface area contributed by atoms with Crippen LogP contribution in [-0.4, -0.2) is 35.2 Å². The molecular weight excluding hydrogens is 302 g/mol. The molecule has 0 aliphatic heterocycles. The molecule has 3 rings (SSSR count). The van der Waals surface area contributed by atoms with Crippen molar-refractivity contribution in [1.29, 1.82) is 0 Å². The molecule has 24 heavy (non-hydrogen) atoms. The maximum Gasteiger partial charge on any atom is 0.251 e. The van der Waals surface area contributed by atoms with Gasteiger partial charge in [0.05, 0.1) is 17.4 Å². The predicted octanol–water partition coefficient (Wildman–Crippen LogP) is 3.70. The topological polar surface area (TPSA) is 56.1 Å². The number of fused-ring (bicyclic) bond motifs is 1. The van der Waals surface area contributed by atoms with E-state index in [1.54, 1.807) is 0 Å². The molecule has 1 fully saturated rings. The molecule has 1 aromatic heterocycles. The van der Waals surface area contributed by atoms with Gasteiger partial charge < -0.3 is 14.6 Å². The predicted molar refractivity (Wildman–Crippen MR) is 95.3 cm³/mol. The van der Waals surface area contributed by atoms with Gasteiger partial charge in [0.2, 0.25) is 0 Å². The van der Waals surface area contributed by atoms with Crippen LogP contribution in [0.5, 0.6) is 0 Å². The highest BCUT2D eigenvalue weighted by molar-refractivity contribution is 5.97. The van der Waals surface area contributed by atoms with Gasteiger partial charge in [0.15, 0.2) is 0 Å². The first kappa shape index (κ1) is 17.0. The second kappa shape index (κ2) is 8.29. The summed E-state index contributed by atoms with van der Waals surface area (Å²) in [6.45, 7) is 4.00. The fourth-order valence-corrected chi connectivity index (χ4v) is 3.45. The summed E-state index contributed by atoms with van der Waals surface area (Å²) in [6, 6.07) is 6.39. The highest BCUT2D eigenvalue weighted by Gasteiger charge is 2.17. The molecule has 1 amide bonds. The molecule has 0 radical (unpaired) electrons. The Balaban J connectivity index is 1.64. The molecule has 1 saturated carbocycles. The summed E-state index contributed by atoms with van der Waals surface area (Å²) < 4.78 is 7.56. The van der Waals surface area contributed by atoms with E-state index >= 15 is 0 Å². The van der Waals surface area contributed by atoms with Gasteiger partial charge in [0, 0.05) is 31.4 Å². The van der Waals surface area contributed by atoms with E-state index < -0.39 is 0 Å². The summed E-state index contributed by atoms with van der Waals surface area (Å²) in [4.78, 5) is 16.8. The molecule has 0 spiro atoms. The Hall–Kier alpha value is -1.88. The zero-order chi connectivity index (χ0) is 16.8. The fourth-order valence-electron chi connectivity index (χ4n) is 3.45. The number of rotatable bonds is 7. The normalized spacial score (nSPS) is 15.7. The standard InChI is InChI=1S/C19H27N3O2/c1-2-24-12-6-11-20-19(23)15-9-10-18-17(13-15)21-14-22(18)16-7-4-3-5-8-16/h9-10,13-14,16H,2-8,11-12H2,1H3,(H,20,23). The van der Waals surface area contributed by atoms with Gasteiger partial charge in [-0.2, -0.15) is 0 Å². The zero-order valence-electron chi connectivity index (χ0n) is 14.5. The minimum Gasteiger partial charge on any atom is -0.382 e. The Morgan fingerprint density at radius 1 is 1.33 bits per heavy atom. The number of carbonyl (C=O) groups is 1. The minimum absolute atomic E-state index is 0.0411. The maximum atomic E-state index is 12.2. The molecule has 2 aromatic rings. The summed E-state index contributed by atoms with van der Waals surface area (Å²) in [6.07, 6.45) is 9.17. The van der Waals surface area contributed by atoms with Gasteiger partial charge in [-0.3, -0.25) is 4.79 Å². The van der Waals surface area contributed by atoms with E-state index in [0.717, 1.165) is 17.5 Å². The number of hydrogen-bond donors (Lipinski definition) is 1. The van der Waals surface area contributed by atoms with E-state index in [1.165, 1.54) is 32.1 Å². The summed E-state index contributed by atoms with van der Waals surface area (Å²) in [5, 5.41) is 2.94. The number of aromatic nitrogens is 2. The molecule has 1 aromatic carbocycles. The number of imidazole rings is 1. The van der Waals surface area contributed by atoms with Gasteiger partial charge in [-0.05, 0) is 44.4 Å². The van der Waals surface area contributed by atoms with Crippen LogP contribution in [-0.2, 0) is 4.74 Å². The maximum absolute atomic E-state index is 12.2. The average Bonchev–Trinajstić information content (AvgIpc) is 3.05. The van der Waals surface area contributed by atoms with Crippen molar-refractivity contribution in [3.8, 4) is 0 Å². The van der Waals surface area contributed by atoms with Crippen molar-refractivity contribution in [2.45, 2.75) is 51.5 Å². The SMILES string of the molecule is CCOCCCNC(=O)c1ccc2c(c1)ncn2C1CCCCC1. The van der Waals surface area contributed by atoms with Crippen molar-refractivity contribution in [1.82, 2.24) is 14.9 Å². The molecule has 0 atom stereocenters. The Morgan fingerprint density at radius 2 is 2.17 bits per heavy atom. The Bertz CT molecular complexity index is 674. The lowest BCUT2D eigenvalue weighted by Gasteiger charge is -2.23. The van der Waals surface area contributed by atoms with Gasteiger partial charge in [0.1, 0.15) is 0 Å². The van der Waals surface area contributed by atoms with Gasteiger partial charge in [-0.1, -0.05) is 19.3 Å². The van der Waals surface area contributed by atoms with Crippen LogP contribution in [0, 0.1) is 0 Å². The van der Waals surface area contributed by atoms with Gasteiger partial charge in [-0.25, -0.2) is 4.98 Å². The third kappa shape index (κ3) is 3.96. The molecule has 1 aliphatic carbocycles. The average molecular weight is 329 g/mol. The molecule has 5 nitrogen and oxygen atoms in total. The first-order valence-corrected chi connectivity index (χ1v) is 9.12. The second-order valence-corrected chi connectivity index (χ2v) is 6.45. The van der Waals surface area contributed by atoms with Crippen molar-refractivity contribution < 1.29 is 9.53 Å². The number of hydrogen-bond acceptors (Lipinski definition) is 3. The smallest absolute Gasteiger partial charge is 0.251 e. The van der Waals surface area contributed by atoms with Gasteiger partial charge in [0.25, 0.3) is 5.91 Å². The number of amides is 1. The van der Waals surface area contributed by atoms with E-state index in [9.17, 15) is 4.79 Å².